The lowest BCUT2D eigenvalue weighted by Gasteiger charge is -2.34. The van der Waals surface area contributed by atoms with Gasteiger partial charge in [-0.2, -0.15) is 0 Å². The van der Waals surface area contributed by atoms with Crippen molar-refractivity contribution in [1.29, 1.82) is 0 Å². The van der Waals surface area contributed by atoms with E-state index in [4.69, 9.17) is 4.74 Å². The Kier molecular flexibility index (Phi) is 4.08. The zero-order valence-electron chi connectivity index (χ0n) is 11.6. The van der Waals surface area contributed by atoms with Crippen molar-refractivity contribution in [2.24, 2.45) is 5.41 Å². The maximum absolute atomic E-state index is 10.4. The molecule has 1 aliphatic heterocycles. The summed E-state index contributed by atoms with van der Waals surface area (Å²) in [4.78, 5) is 0. The van der Waals surface area contributed by atoms with Crippen molar-refractivity contribution >= 4 is 0 Å². The fraction of sp³-hybridized carbons (Fsp3) is 0.625. The second kappa shape index (κ2) is 5.41. The molecule has 1 aliphatic rings. The first-order chi connectivity index (χ1) is 8.54. The number of rotatable bonds is 4. The summed E-state index contributed by atoms with van der Waals surface area (Å²) in [5, 5.41) is 10.4. The van der Waals surface area contributed by atoms with Crippen LogP contribution in [0.3, 0.4) is 0 Å². The Labute approximate surface area is 110 Å². The third-order valence-corrected chi connectivity index (χ3v) is 4.34. The average Bonchev–Trinajstić information content (AvgIpc) is 2.39. The molecule has 0 radical (unpaired) electrons. The molecule has 2 nitrogen and oxygen atoms in total. The van der Waals surface area contributed by atoms with E-state index >= 15 is 0 Å². The van der Waals surface area contributed by atoms with E-state index < -0.39 is 0 Å². The van der Waals surface area contributed by atoms with Crippen LogP contribution in [0.15, 0.2) is 24.3 Å². The molecular weight excluding hydrogens is 224 g/mol. The molecule has 0 aromatic heterocycles. The van der Waals surface area contributed by atoms with Crippen LogP contribution in [-0.2, 0) is 11.2 Å². The second-order valence-electron chi connectivity index (χ2n) is 5.90. The number of aliphatic hydroxyl groups excluding tert-OH is 1. The van der Waals surface area contributed by atoms with Gasteiger partial charge in [-0.15, -0.1) is 0 Å². The van der Waals surface area contributed by atoms with Crippen molar-refractivity contribution in [3.8, 4) is 0 Å². The van der Waals surface area contributed by atoms with E-state index in [1.807, 2.05) is 0 Å². The van der Waals surface area contributed by atoms with Crippen molar-refractivity contribution in [3.63, 3.8) is 0 Å². The van der Waals surface area contributed by atoms with Gasteiger partial charge < -0.3 is 9.84 Å². The Morgan fingerprint density at radius 3 is 2.83 bits per heavy atom. The van der Waals surface area contributed by atoms with Gasteiger partial charge in [-0.3, -0.25) is 0 Å². The Balaban J connectivity index is 2.12. The quantitative estimate of drug-likeness (QED) is 0.884. The van der Waals surface area contributed by atoms with Gasteiger partial charge in [0, 0.05) is 6.42 Å². The fourth-order valence-electron chi connectivity index (χ4n) is 2.43. The molecule has 1 aromatic carbocycles. The first-order valence-corrected chi connectivity index (χ1v) is 6.92. The summed E-state index contributed by atoms with van der Waals surface area (Å²) in [6.07, 6.45) is 2.38. The molecular formula is C16H24O2. The van der Waals surface area contributed by atoms with Crippen LogP contribution in [0.2, 0.25) is 0 Å². The highest BCUT2D eigenvalue weighted by atomic mass is 16.5. The van der Waals surface area contributed by atoms with Gasteiger partial charge in [0.05, 0.1) is 18.8 Å². The Bertz CT molecular complexity index is 398. The van der Waals surface area contributed by atoms with Crippen molar-refractivity contribution in [2.45, 2.75) is 52.2 Å². The van der Waals surface area contributed by atoms with Crippen LogP contribution >= 0.6 is 0 Å². The van der Waals surface area contributed by atoms with Crippen molar-refractivity contribution in [2.75, 3.05) is 6.61 Å². The van der Waals surface area contributed by atoms with E-state index in [0.717, 1.165) is 19.4 Å². The third-order valence-electron chi connectivity index (χ3n) is 4.34. The normalized spacial score (nSPS) is 21.4. The minimum atomic E-state index is -0.321. The second-order valence-corrected chi connectivity index (χ2v) is 5.90. The van der Waals surface area contributed by atoms with Crippen LogP contribution in [0.5, 0.6) is 0 Å². The summed E-state index contributed by atoms with van der Waals surface area (Å²) in [6, 6.07) is 8.43. The molecule has 0 saturated heterocycles. The van der Waals surface area contributed by atoms with Gasteiger partial charge in [0.1, 0.15) is 0 Å². The molecule has 2 heteroatoms. The molecule has 0 bridgehead atoms. The molecule has 0 amide bonds. The van der Waals surface area contributed by atoms with Gasteiger partial charge in [0.15, 0.2) is 0 Å². The lowest BCUT2D eigenvalue weighted by molar-refractivity contribution is -0.0332. The minimum Gasteiger partial charge on any atom is -0.392 e. The molecule has 100 valence electrons. The van der Waals surface area contributed by atoms with Crippen LogP contribution in [0.4, 0.5) is 0 Å². The van der Waals surface area contributed by atoms with E-state index in [2.05, 4.69) is 45.0 Å². The molecule has 0 spiro atoms. The first kappa shape index (κ1) is 13.6. The topological polar surface area (TPSA) is 29.5 Å². The maximum Gasteiger partial charge on any atom is 0.0852 e. The number of aliphatic hydroxyl groups is 1. The Morgan fingerprint density at radius 2 is 2.11 bits per heavy atom. The summed E-state index contributed by atoms with van der Waals surface area (Å²) >= 11 is 0. The molecule has 1 aromatic rings. The number of fused-ring (bicyclic) bond motifs is 1. The van der Waals surface area contributed by atoms with Crippen molar-refractivity contribution in [1.82, 2.24) is 0 Å². The smallest absolute Gasteiger partial charge is 0.0852 e. The lowest BCUT2D eigenvalue weighted by atomic mass is 9.80. The molecule has 1 N–H and O–H groups in total. The third kappa shape index (κ3) is 2.76. The van der Waals surface area contributed by atoms with Crippen LogP contribution < -0.4 is 0 Å². The molecule has 0 saturated carbocycles. The van der Waals surface area contributed by atoms with Crippen LogP contribution in [-0.4, -0.2) is 17.8 Å². The predicted octanol–water partition coefficient (Wildman–Crippen LogP) is 3.49. The standard InChI is InChI=1S/C16H24O2/c1-4-16(2,3)15(17)11-14-13-8-6-5-7-12(13)9-10-18-14/h5-8,14-15,17H,4,9-11H2,1-3H3. The van der Waals surface area contributed by atoms with Crippen LogP contribution in [0.1, 0.15) is 50.8 Å². The highest BCUT2D eigenvalue weighted by Gasteiger charge is 2.31. The summed E-state index contributed by atoms with van der Waals surface area (Å²) in [7, 11) is 0. The Morgan fingerprint density at radius 1 is 1.39 bits per heavy atom. The average molecular weight is 248 g/mol. The molecule has 0 aliphatic carbocycles. The molecule has 1 heterocycles. The maximum atomic E-state index is 10.4. The number of hydrogen-bond donors (Lipinski definition) is 1. The van der Waals surface area contributed by atoms with Gasteiger partial charge >= 0.3 is 0 Å². The number of ether oxygens (including phenoxy) is 1. The lowest BCUT2D eigenvalue weighted by Crippen LogP contribution is -2.32. The minimum absolute atomic E-state index is 0.0459. The SMILES string of the molecule is CCC(C)(C)C(O)CC1OCCc2ccccc21. The monoisotopic (exact) mass is 248 g/mol. The molecule has 2 unspecified atom stereocenters. The first-order valence-electron chi connectivity index (χ1n) is 6.92. The zero-order chi connectivity index (χ0) is 13.2. The van der Waals surface area contributed by atoms with Gasteiger partial charge in [-0.25, -0.2) is 0 Å². The van der Waals surface area contributed by atoms with Crippen molar-refractivity contribution in [3.05, 3.63) is 35.4 Å². The highest BCUT2D eigenvalue weighted by Crippen LogP contribution is 2.35. The summed E-state index contributed by atoms with van der Waals surface area (Å²) in [6.45, 7) is 7.12. The zero-order valence-corrected chi connectivity index (χ0v) is 11.6. The van der Waals surface area contributed by atoms with E-state index in [9.17, 15) is 5.11 Å². The molecule has 0 fully saturated rings. The van der Waals surface area contributed by atoms with Gasteiger partial charge in [-0.05, 0) is 29.4 Å². The molecule has 2 atom stereocenters. The van der Waals surface area contributed by atoms with E-state index in [0.29, 0.717) is 6.42 Å². The van der Waals surface area contributed by atoms with Gasteiger partial charge in [-0.1, -0.05) is 45.0 Å². The Hall–Kier alpha value is -0.860. The largest absolute Gasteiger partial charge is 0.392 e. The van der Waals surface area contributed by atoms with Crippen LogP contribution in [0, 0.1) is 5.41 Å². The number of hydrogen-bond acceptors (Lipinski definition) is 2. The summed E-state index contributed by atoms with van der Waals surface area (Å²) < 4.78 is 5.85. The number of benzene rings is 1. The fourth-order valence-corrected chi connectivity index (χ4v) is 2.43. The van der Waals surface area contributed by atoms with Crippen LogP contribution in [0.25, 0.3) is 0 Å². The summed E-state index contributed by atoms with van der Waals surface area (Å²) in [5.74, 6) is 0. The van der Waals surface area contributed by atoms with Crippen molar-refractivity contribution < 1.29 is 9.84 Å². The summed E-state index contributed by atoms with van der Waals surface area (Å²) in [5.41, 5.74) is 2.58. The highest BCUT2D eigenvalue weighted by molar-refractivity contribution is 5.31. The van der Waals surface area contributed by atoms with E-state index in [1.165, 1.54) is 11.1 Å². The van der Waals surface area contributed by atoms with E-state index in [1.54, 1.807) is 0 Å². The van der Waals surface area contributed by atoms with Gasteiger partial charge in [0.2, 0.25) is 0 Å². The predicted molar refractivity (Wildman–Crippen MR) is 73.5 cm³/mol. The van der Waals surface area contributed by atoms with Gasteiger partial charge in [0.25, 0.3) is 0 Å². The molecule has 2 rings (SSSR count). The molecule has 18 heavy (non-hydrogen) atoms. The van der Waals surface area contributed by atoms with E-state index in [-0.39, 0.29) is 17.6 Å².